The number of benzene rings is 3. The lowest BCUT2D eigenvalue weighted by molar-refractivity contribution is 0.624. The van der Waals surface area contributed by atoms with Crippen LogP contribution in [0.25, 0.3) is 10.8 Å². The Morgan fingerprint density at radius 2 is 1.15 bits per heavy atom. The maximum Gasteiger partial charge on any atom is -0.0124 e. The van der Waals surface area contributed by atoms with E-state index in [-0.39, 0.29) is 0 Å². The molecule has 0 aliphatic carbocycles. The first-order valence-electron chi connectivity index (χ1n) is 7.29. The van der Waals surface area contributed by atoms with Gasteiger partial charge in [-0.25, -0.2) is 0 Å². The second kappa shape index (κ2) is 5.50. The van der Waals surface area contributed by atoms with Crippen LogP contribution in [-0.2, 0) is 0 Å². The third-order valence-electron chi connectivity index (χ3n) is 4.37. The van der Waals surface area contributed by atoms with Crippen LogP contribution in [0, 0.1) is 0 Å². The molecule has 3 aromatic rings. The molecule has 0 aliphatic heterocycles. The lowest BCUT2D eigenvalue weighted by Gasteiger charge is -2.21. The van der Waals surface area contributed by atoms with E-state index in [1.54, 1.807) is 0 Å². The summed E-state index contributed by atoms with van der Waals surface area (Å²) in [5.74, 6) is 1.04. The van der Waals surface area contributed by atoms with Gasteiger partial charge in [0.05, 0.1) is 0 Å². The van der Waals surface area contributed by atoms with Crippen LogP contribution in [0.3, 0.4) is 0 Å². The molecule has 0 saturated carbocycles. The number of hydrogen-bond donors (Lipinski definition) is 0. The Balaban J connectivity index is 1.94. The van der Waals surface area contributed by atoms with Crippen LogP contribution < -0.4 is 0 Å². The summed E-state index contributed by atoms with van der Waals surface area (Å²) in [5.41, 5.74) is 2.83. The molecule has 0 aliphatic rings. The van der Waals surface area contributed by atoms with E-state index in [4.69, 9.17) is 0 Å². The average molecular weight is 260 g/mol. The Kier molecular flexibility index (Phi) is 3.56. The number of fused-ring (bicyclic) bond motifs is 1. The summed E-state index contributed by atoms with van der Waals surface area (Å²) in [4.78, 5) is 0. The summed E-state index contributed by atoms with van der Waals surface area (Å²) in [5, 5.41) is 2.65. The third-order valence-corrected chi connectivity index (χ3v) is 4.37. The molecular weight excluding hydrogens is 240 g/mol. The zero-order valence-corrected chi connectivity index (χ0v) is 12.1. The van der Waals surface area contributed by atoms with E-state index in [1.165, 1.54) is 21.9 Å². The number of hydrogen-bond acceptors (Lipinski definition) is 0. The van der Waals surface area contributed by atoms with Crippen LogP contribution in [0.4, 0.5) is 0 Å². The van der Waals surface area contributed by atoms with Gasteiger partial charge in [-0.15, -0.1) is 0 Å². The van der Waals surface area contributed by atoms with Crippen molar-refractivity contribution in [3.05, 3.63) is 83.9 Å². The lowest BCUT2D eigenvalue weighted by Crippen LogP contribution is -2.04. The Labute approximate surface area is 121 Å². The smallest absolute Gasteiger partial charge is 0.0124 e. The van der Waals surface area contributed by atoms with Gasteiger partial charge >= 0.3 is 0 Å². The van der Waals surface area contributed by atoms with Gasteiger partial charge in [0, 0.05) is 0 Å². The van der Waals surface area contributed by atoms with Crippen molar-refractivity contribution in [2.24, 2.45) is 0 Å². The Bertz CT molecular complexity index is 697. The topological polar surface area (TPSA) is 0 Å². The first kappa shape index (κ1) is 12.9. The minimum absolute atomic E-state index is 0.516. The molecule has 3 rings (SSSR count). The Morgan fingerprint density at radius 3 is 1.90 bits per heavy atom. The van der Waals surface area contributed by atoms with Gasteiger partial charge < -0.3 is 0 Å². The van der Waals surface area contributed by atoms with Crippen LogP contribution in [0.2, 0.25) is 0 Å². The summed E-state index contributed by atoms with van der Waals surface area (Å²) in [6.45, 7) is 4.64. The van der Waals surface area contributed by atoms with Gasteiger partial charge in [-0.1, -0.05) is 86.6 Å². The Hall–Kier alpha value is -2.08. The summed E-state index contributed by atoms with van der Waals surface area (Å²) >= 11 is 0. The van der Waals surface area contributed by atoms with Crippen molar-refractivity contribution in [1.29, 1.82) is 0 Å². The van der Waals surface area contributed by atoms with Gasteiger partial charge in [0.25, 0.3) is 0 Å². The average Bonchev–Trinajstić information content (AvgIpc) is 2.54. The molecule has 3 aromatic carbocycles. The second-order valence-electron chi connectivity index (χ2n) is 5.59. The van der Waals surface area contributed by atoms with Crippen molar-refractivity contribution in [1.82, 2.24) is 0 Å². The predicted octanol–water partition coefficient (Wildman–Crippen LogP) is 5.75. The minimum atomic E-state index is 0.516. The summed E-state index contributed by atoms with van der Waals surface area (Å²) in [6, 6.07) is 26.2. The largest absolute Gasteiger partial charge is 0.0622 e. The van der Waals surface area contributed by atoms with E-state index in [0.29, 0.717) is 11.8 Å². The standard InChI is InChI=1S/C20H20/c1-15(17-8-4-3-5-9-17)16(2)19-13-12-18-10-6-7-11-20(18)14-19/h3-16H,1-2H3. The quantitative estimate of drug-likeness (QED) is 0.562. The third kappa shape index (κ3) is 2.46. The van der Waals surface area contributed by atoms with Crippen LogP contribution in [-0.4, -0.2) is 0 Å². The molecule has 100 valence electrons. The molecule has 0 amide bonds. The molecule has 2 atom stereocenters. The van der Waals surface area contributed by atoms with Gasteiger partial charge in [0.15, 0.2) is 0 Å². The molecule has 0 nitrogen and oxygen atoms in total. The van der Waals surface area contributed by atoms with Crippen LogP contribution in [0.15, 0.2) is 72.8 Å². The van der Waals surface area contributed by atoms with Crippen molar-refractivity contribution in [3.8, 4) is 0 Å². The van der Waals surface area contributed by atoms with E-state index >= 15 is 0 Å². The van der Waals surface area contributed by atoms with Gasteiger partial charge in [-0.3, -0.25) is 0 Å². The lowest BCUT2D eigenvalue weighted by atomic mass is 9.83. The molecule has 0 fully saturated rings. The SMILES string of the molecule is CC(c1ccccc1)C(C)c1ccc2ccccc2c1. The van der Waals surface area contributed by atoms with Crippen molar-refractivity contribution in [3.63, 3.8) is 0 Å². The fourth-order valence-corrected chi connectivity index (χ4v) is 2.82. The molecular formula is C20H20. The zero-order valence-electron chi connectivity index (χ0n) is 12.1. The van der Waals surface area contributed by atoms with E-state index < -0.39 is 0 Å². The highest BCUT2D eigenvalue weighted by Gasteiger charge is 2.16. The molecule has 0 N–H and O–H groups in total. The molecule has 0 radical (unpaired) electrons. The second-order valence-corrected chi connectivity index (χ2v) is 5.59. The first-order valence-corrected chi connectivity index (χ1v) is 7.29. The van der Waals surface area contributed by atoms with Crippen LogP contribution in [0.5, 0.6) is 0 Å². The van der Waals surface area contributed by atoms with Crippen molar-refractivity contribution in [2.45, 2.75) is 25.7 Å². The van der Waals surface area contributed by atoms with Gasteiger partial charge in [0.2, 0.25) is 0 Å². The van der Waals surface area contributed by atoms with E-state index in [9.17, 15) is 0 Å². The van der Waals surface area contributed by atoms with Crippen molar-refractivity contribution < 1.29 is 0 Å². The first-order chi connectivity index (χ1) is 9.75. The fourth-order valence-electron chi connectivity index (χ4n) is 2.82. The zero-order chi connectivity index (χ0) is 13.9. The Morgan fingerprint density at radius 1 is 0.550 bits per heavy atom. The molecule has 0 saturated heterocycles. The molecule has 0 bridgehead atoms. The van der Waals surface area contributed by atoms with Crippen LogP contribution >= 0.6 is 0 Å². The van der Waals surface area contributed by atoms with E-state index in [0.717, 1.165) is 0 Å². The maximum absolute atomic E-state index is 2.33. The molecule has 20 heavy (non-hydrogen) atoms. The highest BCUT2D eigenvalue weighted by molar-refractivity contribution is 5.83. The van der Waals surface area contributed by atoms with Crippen molar-refractivity contribution in [2.75, 3.05) is 0 Å². The van der Waals surface area contributed by atoms with E-state index in [1.807, 2.05) is 0 Å². The van der Waals surface area contributed by atoms with E-state index in [2.05, 4.69) is 86.6 Å². The van der Waals surface area contributed by atoms with Crippen LogP contribution in [0.1, 0.15) is 36.8 Å². The number of rotatable bonds is 3. The highest BCUT2D eigenvalue weighted by atomic mass is 14.2. The maximum atomic E-state index is 2.33. The van der Waals surface area contributed by atoms with Gasteiger partial charge in [-0.05, 0) is 33.7 Å². The predicted molar refractivity (Wildman–Crippen MR) is 87.2 cm³/mol. The monoisotopic (exact) mass is 260 g/mol. The highest BCUT2D eigenvalue weighted by Crippen LogP contribution is 2.33. The molecule has 0 heterocycles. The summed E-state index contributed by atoms with van der Waals surface area (Å²) in [6.07, 6.45) is 0. The molecule has 2 unspecified atom stereocenters. The molecule has 0 spiro atoms. The summed E-state index contributed by atoms with van der Waals surface area (Å²) in [7, 11) is 0. The van der Waals surface area contributed by atoms with Gasteiger partial charge in [0.1, 0.15) is 0 Å². The normalized spacial score (nSPS) is 14.1. The summed E-state index contributed by atoms with van der Waals surface area (Å²) < 4.78 is 0. The molecule has 0 heteroatoms. The molecule has 0 aromatic heterocycles. The fraction of sp³-hybridized carbons (Fsp3) is 0.200. The van der Waals surface area contributed by atoms with Crippen molar-refractivity contribution >= 4 is 10.8 Å². The van der Waals surface area contributed by atoms with Gasteiger partial charge in [-0.2, -0.15) is 0 Å². The minimum Gasteiger partial charge on any atom is -0.0622 e.